The smallest absolute Gasteiger partial charge is 0.244 e. The molecule has 9 heteroatoms. The molecule has 3 rings (SSSR count). The highest BCUT2D eigenvalue weighted by Crippen LogP contribution is 2.26. The third kappa shape index (κ3) is 8.14. The predicted octanol–water partition coefficient (Wildman–Crippen LogP) is 4.76. The Bertz CT molecular complexity index is 1450. The number of carbonyl (C=O) groups excluding carboxylic acids is 2. The molecule has 0 aliphatic rings. The highest BCUT2D eigenvalue weighted by atomic mass is 32.2. The molecule has 40 heavy (non-hydrogen) atoms. The quantitative estimate of drug-likeness (QED) is 0.383. The van der Waals surface area contributed by atoms with Gasteiger partial charge in [-0.15, -0.1) is 0 Å². The maximum atomic E-state index is 14.8. The van der Waals surface area contributed by atoms with Crippen LogP contribution >= 0.6 is 0 Å². The zero-order valence-corrected chi connectivity index (χ0v) is 24.8. The van der Waals surface area contributed by atoms with Gasteiger partial charge < -0.3 is 10.2 Å². The number of sulfonamides is 1. The summed E-state index contributed by atoms with van der Waals surface area (Å²) in [7, 11) is -3.89. The molecular formula is C31H38FN3O4S. The minimum atomic E-state index is -3.89. The van der Waals surface area contributed by atoms with Gasteiger partial charge in [-0.2, -0.15) is 0 Å². The molecular weight excluding hydrogens is 529 g/mol. The molecule has 1 N–H and O–H groups in total. The van der Waals surface area contributed by atoms with Crippen LogP contribution in [0, 0.1) is 19.7 Å². The van der Waals surface area contributed by atoms with E-state index in [1.165, 1.54) is 11.0 Å². The zero-order chi connectivity index (χ0) is 29.7. The molecule has 2 amide bonds. The molecule has 0 aliphatic heterocycles. The summed E-state index contributed by atoms with van der Waals surface area (Å²) in [6.07, 6.45) is 1.20. The second-order valence-corrected chi connectivity index (χ2v) is 13.0. The number of aryl methyl sites for hydroxylation is 1. The highest BCUT2D eigenvalue weighted by Gasteiger charge is 2.35. The Morgan fingerprint density at radius 1 is 0.925 bits per heavy atom. The summed E-state index contributed by atoms with van der Waals surface area (Å²) in [5.41, 5.74) is 2.38. The van der Waals surface area contributed by atoms with E-state index in [0.717, 1.165) is 21.7 Å². The molecule has 0 aliphatic carbocycles. The van der Waals surface area contributed by atoms with Crippen LogP contribution in [0.25, 0.3) is 0 Å². The molecule has 0 saturated carbocycles. The largest absolute Gasteiger partial charge is 0.350 e. The molecule has 0 fully saturated rings. The summed E-state index contributed by atoms with van der Waals surface area (Å²) in [4.78, 5) is 29.1. The Morgan fingerprint density at radius 2 is 1.55 bits per heavy atom. The van der Waals surface area contributed by atoms with Crippen LogP contribution in [0.4, 0.5) is 10.1 Å². The average molecular weight is 568 g/mol. The number of rotatable bonds is 10. The minimum Gasteiger partial charge on any atom is -0.350 e. The second kappa shape index (κ2) is 12.6. The fourth-order valence-corrected chi connectivity index (χ4v) is 5.32. The van der Waals surface area contributed by atoms with Gasteiger partial charge >= 0.3 is 0 Å². The lowest BCUT2D eigenvalue weighted by Crippen LogP contribution is -2.56. The van der Waals surface area contributed by atoms with Gasteiger partial charge in [0.25, 0.3) is 0 Å². The predicted molar refractivity (Wildman–Crippen MR) is 157 cm³/mol. The fourth-order valence-electron chi connectivity index (χ4n) is 4.42. The lowest BCUT2D eigenvalue weighted by molar-refractivity contribution is -0.140. The molecule has 3 aromatic carbocycles. The van der Waals surface area contributed by atoms with Gasteiger partial charge in [-0.3, -0.25) is 13.9 Å². The molecule has 0 unspecified atom stereocenters. The van der Waals surface area contributed by atoms with Gasteiger partial charge in [0.2, 0.25) is 21.8 Å². The maximum Gasteiger partial charge on any atom is 0.244 e. The fraction of sp³-hybridized carbons (Fsp3) is 0.355. The summed E-state index contributed by atoms with van der Waals surface area (Å²) in [5, 5.41) is 2.95. The lowest BCUT2D eigenvalue weighted by Gasteiger charge is -2.35. The first-order valence-corrected chi connectivity index (χ1v) is 14.9. The van der Waals surface area contributed by atoms with Crippen molar-refractivity contribution >= 4 is 27.5 Å². The van der Waals surface area contributed by atoms with E-state index < -0.39 is 45.8 Å². The van der Waals surface area contributed by atoms with Crippen molar-refractivity contribution in [1.82, 2.24) is 10.2 Å². The summed E-state index contributed by atoms with van der Waals surface area (Å²) in [6.45, 7) is 8.38. The monoisotopic (exact) mass is 567 g/mol. The second-order valence-electron chi connectivity index (χ2n) is 11.0. The van der Waals surface area contributed by atoms with E-state index in [0.29, 0.717) is 11.3 Å². The van der Waals surface area contributed by atoms with E-state index in [9.17, 15) is 22.4 Å². The van der Waals surface area contributed by atoms with Crippen molar-refractivity contribution in [3.05, 3.63) is 101 Å². The SMILES string of the molecule is Cc1cccc(N(CC(=O)N(Cc2ccccc2F)[C@H](Cc2ccccc2)C(=O)NC(C)(C)C)S(C)(=O)=O)c1C. The van der Waals surface area contributed by atoms with Crippen molar-refractivity contribution in [1.29, 1.82) is 0 Å². The summed E-state index contributed by atoms with van der Waals surface area (Å²) < 4.78 is 41.8. The van der Waals surface area contributed by atoms with Gasteiger partial charge in [0, 0.05) is 24.1 Å². The van der Waals surface area contributed by atoms with Crippen molar-refractivity contribution in [3.8, 4) is 0 Å². The van der Waals surface area contributed by atoms with Crippen LogP contribution in [0.1, 0.15) is 43.0 Å². The molecule has 0 saturated heterocycles. The summed E-state index contributed by atoms with van der Waals surface area (Å²) in [5.74, 6) is -1.57. The van der Waals surface area contributed by atoms with E-state index in [1.807, 2.05) is 64.1 Å². The van der Waals surface area contributed by atoms with E-state index in [1.54, 1.807) is 37.3 Å². The standard InChI is InChI=1S/C31H38FN3O4S/c1-22-13-12-18-27(23(22)2)35(40(6,38)39)21-29(36)34(20-25-16-10-11-17-26(25)32)28(30(37)33-31(3,4)5)19-24-14-8-7-9-15-24/h7-18,28H,19-21H2,1-6H3,(H,33,37)/t28-/m1/s1. The van der Waals surface area contributed by atoms with Gasteiger partial charge in [-0.05, 0) is 63.4 Å². The number of halogens is 1. The molecule has 0 radical (unpaired) electrons. The first kappa shape index (κ1) is 30.8. The Labute approximate surface area is 237 Å². The summed E-state index contributed by atoms with van der Waals surface area (Å²) >= 11 is 0. The van der Waals surface area contributed by atoms with Gasteiger partial charge in [0.1, 0.15) is 18.4 Å². The highest BCUT2D eigenvalue weighted by molar-refractivity contribution is 7.92. The van der Waals surface area contributed by atoms with Crippen LogP contribution in [0.5, 0.6) is 0 Å². The Hall–Kier alpha value is -3.72. The van der Waals surface area contributed by atoms with Crippen LogP contribution in [0.3, 0.4) is 0 Å². The molecule has 214 valence electrons. The molecule has 7 nitrogen and oxygen atoms in total. The number of nitrogens with one attached hydrogen (secondary N) is 1. The van der Waals surface area contributed by atoms with E-state index in [2.05, 4.69) is 5.32 Å². The number of anilines is 1. The van der Waals surface area contributed by atoms with Crippen molar-refractivity contribution in [2.45, 2.75) is 59.2 Å². The van der Waals surface area contributed by atoms with Crippen LogP contribution < -0.4 is 9.62 Å². The van der Waals surface area contributed by atoms with Gasteiger partial charge in [-0.25, -0.2) is 12.8 Å². The van der Waals surface area contributed by atoms with Crippen molar-refractivity contribution in [2.75, 3.05) is 17.1 Å². The molecule has 1 atom stereocenters. The molecule has 0 bridgehead atoms. The minimum absolute atomic E-state index is 0.158. The maximum absolute atomic E-state index is 14.8. The van der Waals surface area contributed by atoms with E-state index in [4.69, 9.17) is 0 Å². The third-order valence-corrected chi connectivity index (χ3v) is 7.72. The number of carbonyl (C=O) groups is 2. The van der Waals surface area contributed by atoms with Crippen molar-refractivity contribution < 1.29 is 22.4 Å². The van der Waals surface area contributed by atoms with Gasteiger partial charge in [0.15, 0.2) is 0 Å². The number of benzene rings is 3. The number of amides is 2. The Balaban J connectivity index is 2.11. The van der Waals surface area contributed by atoms with Crippen LogP contribution in [0.15, 0.2) is 72.8 Å². The van der Waals surface area contributed by atoms with Gasteiger partial charge in [-0.1, -0.05) is 60.7 Å². The van der Waals surface area contributed by atoms with E-state index >= 15 is 0 Å². The first-order chi connectivity index (χ1) is 18.7. The van der Waals surface area contributed by atoms with Crippen molar-refractivity contribution in [2.24, 2.45) is 0 Å². The van der Waals surface area contributed by atoms with Crippen molar-refractivity contribution in [3.63, 3.8) is 0 Å². The van der Waals surface area contributed by atoms with Gasteiger partial charge in [0.05, 0.1) is 11.9 Å². The third-order valence-electron chi connectivity index (χ3n) is 6.59. The summed E-state index contributed by atoms with van der Waals surface area (Å²) in [6, 6.07) is 19.5. The number of nitrogens with zero attached hydrogens (tertiary/aromatic N) is 2. The average Bonchev–Trinajstić information content (AvgIpc) is 2.86. The number of hydrogen-bond donors (Lipinski definition) is 1. The Morgan fingerprint density at radius 3 is 2.15 bits per heavy atom. The Kier molecular flexibility index (Phi) is 9.73. The van der Waals surface area contributed by atoms with Crippen LogP contribution in [0.2, 0.25) is 0 Å². The number of hydrogen-bond acceptors (Lipinski definition) is 4. The van der Waals surface area contributed by atoms with Crippen LogP contribution in [-0.4, -0.2) is 49.5 Å². The molecule has 0 spiro atoms. The topological polar surface area (TPSA) is 86.8 Å². The molecule has 0 heterocycles. The lowest BCUT2D eigenvalue weighted by atomic mass is 10.0. The normalized spacial score (nSPS) is 12.5. The molecule has 0 aromatic heterocycles. The zero-order valence-electron chi connectivity index (χ0n) is 23.9. The van der Waals surface area contributed by atoms with E-state index in [-0.39, 0.29) is 18.5 Å². The van der Waals surface area contributed by atoms with Crippen LogP contribution in [-0.2, 0) is 32.6 Å². The first-order valence-electron chi connectivity index (χ1n) is 13.1. The molecule has 3 aromatic rings.